The van der Waals surface area contributed by atoms with E-state index in [-0.39, 0.29) is 5.97 Å². The molecule has 0 radical (unpaired) electrons. The normalized spacial score (nSPS) is 14.9. The Balaban J connectivity index is 1.49. The van der Waals surface area contributed by atoms with Crippen LogP contribution in [0, 0.1) is 0 Å². The molecule has 0 bridgehead atoms. The van der Waals surface area contributed by atoms with Crippen molar-refractivity contribution in [2.45, 2.75) is 70.9 Å². The molecule has 1 atom stereocenters. The molecule has 1 unspecified atom stereocenters. The van der Waals surface area contributed by atoms with Gasteiger partial charge in [0.1, 0.15) is 17.5 Å². The van der Waals surface area contributed by atoms with Crippen molar-refractivity contribution >= 4 is 17.6 Å². The number of aryl methyl sites for hydroxylation is 1. The molecule has 4 aromatic rings. The second kappa shape index (κ2) is 12.3. The SMILES string of the molecule is CCCCc1nc(Cl)c(C(Cc2ccc(-c3ccccc3)c(-c3nn[nH]n3)c2)OC(=O)C(C)(C)N2CCCC2)[nH]1. The number of H-pyrrole nitrogens is 2. The fourth-order valence-corrected chi connectivity index (χ4v) is 5.50. The molecule has 3 heterocycles. The highest BCUT2D eigenvalue weighted by molar-refractivity contribution is 6.30. The molecule has 0 aliphatic carbocycles. The molecule has 5 rings (SSSR count). The summed E-state index contributed by atoms with van der Waals surface area (Å²) in [6.07, 6.45) is 4.74. The van der Waals surface area contributed by atoms with Crippen LogP contribution in [0.2, 0.25) is 5.15 Å². The number of esters is 1. The summed E-state index contributed by atoms with van der Waals surface area (Å²) in [5.41, 5.74) is 3.67. The first-order valence-corrected chi connectivity index (χ1v) is 14.4. The Morgan fingerprint density at radius 3 is 2.60 bits per heavy atom. The molecule has 10 heteroatoms. The minimum atomic E-state index is -0.751. The number of nitrogens with one attached hydrogen (secondary N) is 2. The number of carbonyl (C=O) groups excluding carboxylic acids is 1. The fourth-order valence-electron chi connectivity index (χ4n) is 5.23. The molecule has 0 spiro atoms. The lowest BCUT2D eigenvalue weighted by Gasteiger charge is -2.34. The molecular formula is C30H36ClN7O2. The number of benzene rings is 2. The minimum absolute atomic E-state index is 0.278. The summed E-state index contributed by atoms with van der Waals surface area (Å²) < 4.78 is 6.28. The number of imidazole rings is 1. The smallest absolute Gasteiger partial charge is 0.326 e. The van der Waals surface area contributed by atoms with Gasteiger partial charge in [0, 0.05) is 18.4 Å². The maximum atomic E-state index is 13.6. The maximum Gasteiger partial charge on any atom is 0.326 e. The van der Waals surface area contributed by atoms with Crippen LogP contribution < -0.4 is 0 Å². The van der Waals surface area contributed by atoms with Gasteiger partial charge in [-0.2, -0.15) is 5.21 Å². The molecule has 0 saturated carbocycles. The zero-order chi connectivity index (χ0) is 28.1. The van der Waals surface area contributed by atoms with Gasteiger partial charge in [0.15, 0.2) is 5.15 Å². The number of unbranched alkanes of at least 4 members (excludes halogenated alkanes) is 1. The quantitative estimate of drug-likeness (QED) is 0.217. The van der Waals surface area contributed by atoms with Gasteiger partial charge in [0.25, 0.3) is 0 Å². The Morgan fingerprint density at radius 2 is 1.90 bits per heavy atom. The van der Waals surface area contributed by atoms with Crippen LogP contribution in [0.5, 0.6) is 0 Å². The molecule has 40 heavy (non-hydrogen) atoms. The van der Waals surface area contributed by atoms with E-state index in [4.69, 9.17) is 16.3 Å². The third-order valence-electron chi connectivity index (χ3n) is 7.65. The second-order valence-electron chi connectivity index (χ2n) is 10.8. The van der Waals surface area contributed by atoms with E-state index in [1.54, 1.807) is 0 Å². The van der Waals surface area contributed by atoms with Crippen molar-refractivity contribution in [3.8, 4) is 22.5 Å². The maximum absolute atomic E-state index is 13.6. The third-order valence-corrected chi connectivity index (χ3v) is 7.93. The van der Waals surface area contributed by atoms with E-state index in [1.807, 2.05) is 62.4 Å². The summed E-state index contributed by atoms with van der Waals surface area (Å²) in [6, 6.07) is 16.2. The Hall–Kier alpha value is -3.56. The zero-order valence-electron chi connectivity index (χ0n) is 23.3. The van der Waals surface area contributed by atoms with Crippen molar-refractivity contribution in [1.82, 2.24) is 35.5 Å². The lowest BCUT2D eigenvalue weighted by molar-refractivity contribution is -0.162. The molecule has 2 aromatic heterocycles. The number of aromatic amines is 2. The van der Waals surface area contributed by atoms with Crippen molar-refractivity contribution in [1.29, 1.82) is 0 Å². The number of hydrogen-bond donors (Lipinski definition) is 2. The van der Waals surface area contributed by atoms with Gasteiger partial charge in [-0.1, -0.05) is 67.4 Å². The van der Waals surface area contributed by atoms with Gasteiger partial charge in [0.2, 0.25) is 5.82 Å². The average molecular weight is 562 g/mol. The molecule has 2 N–H and O–H groups in total. The summed E-state index contributed by atoms with van der Waals surface area (Å²) in [4.78, 5) is 23.7. The van der Waals surface area contributed by atoms with Crippen molar-refractivity contribution in [2.24, 2.45) is 0 Å². The Bertz CT molecular complexity index is 1410. The van der Waals surface area contributed by atoms with Crippen LogP contribution in [0.3, 0.4) is 0 Å². The number of hydrogen-bond acceptors (Lipinski definition) is 7. The van der Waals surface area contributed by atoms with Gasteiger partial charge in [-0.25, -0.2) is 4.98 Å². The monoisotopic (exact) mass is 561 g/mol. The summed E-state index contributed by atoms with van der Waals surface area (Å²) in [6.45, 7) is 7.77. The van der Waals surface area contributed by atoms with E-state index in [0.29, 0.717) is 23.1 Å². The molecule has 1 fully saturated rings. The van der Waals surface area contributed by atoms with E-state index >= 15 is 0 Å². The van der Waals surface area contributed by atoms with E-state index in [0.717, 1.165) is 73.3 Å². The highest BCUT2D eigenvalue weighted by atomic mass is 35.5. The molecule has 1 aliphatic rings. The van der Waals surface area contributed by atoms with Crippen LogP contribution in [0.1, 0.15) is 69.6 Å². The Morgan fingerprint density at radius 1 is 1.12 bits per heavy atom. The van der Waals surface area contributed by atoms with Crippen LogP contribution >= 0.6 is 11.6 Å². The van der Waals surface area contributed by atoms with Crippen molar-refractivity contribution in [3.63, 3.8) is 0 Å². The van der Waals surface area contributed by atoms with Crippen molar-refractivity contribution < 1.29 is 9.53 Å². The number of carbonyl (C=O) groups is 1. The van der Waals surface area contributed by atoms with Gasteiger partial charge in [0.05, 0.1) is 5.69 Å². The van der Waals surface area contributed by atoms with Crippen LogP contribution in [0.4, 0.5) is 0 Å². The minimum Gasteiger partial charge on any atom is -0.454 e. The van der Waals surface area contributed by atoms with Crippen molar-refractivity contribution in [2.75, 3.05) is 13.1 Å². The van der Waals surface area contributed by atoms with Crippen LogP contribution in [0.15, 0.2) is 48.5 Å². The van der Waals surface area contributed by atoms with E-state index in [9.17, 15) is 4.79 Å². The summed E-state index contributed by atoms with van der Waals surface area (Å²) in [5, 5.41) is 15.2. The Labute approximate surface area is 239 Å². The lowest BCUT2D eigenvalue weighted by Crippen LogP contribution is -2.49. The third kappa shape index (κ3) is 6.10. The molecular weight excluding hydrogens is 526 g/mol. The predicted octanol–water partition coefficient (Wildman–Crippen LogP) is 5.95. The first kappa shape index (κ1) is 28.0. The van der Waals surface area contributed by atoms with Gasteiger partial charge in [-0.05, 0) is 74.2 Å². The number of aromatic nitrogens is 6. The number of nitrogens with zero attached hydrogens (tertiary/aromatic N) is 5. The van der Waals surface area contributed by atoms with Crippen LogP contribution in [-0.4, -0.2) is 60.1 Å². The number of tetrazole rings is 1. The van der Waals surface area contributed by atoms with Crippen molar-refractivity contribution in [3.05, 3.63) is 70.8 Å². The molecule has 9 nitrogen and oxygen atoms in total. The van der Waals surface area contributed by atoms with Gasteiger partial charge in [-0.3, -0.25) is 9.69 Å². The van der Waals surface area contributed by atoms with Crippen LogP contribution in [0.25, 0.3) is 22.5 Å². The molecule has 0 amide bonds. The van der Waals surface area contributed by atoms with E-state index in [2.05, 4.69) is 42.4 Å². The van der Waals surface area contributed by atoms with Gasteiger partial charge >= 0.3 is 5.97 Å². The topological polar surface area (TPSA) is 113 Å². The average Bonchev–Trinajstić information content (AvgIpc) is 3.75. The van der Waals surface area contributed by atoms with Gasteiger partial charge in [-0.15, -0.1) is 10.2 Å². The first-order chi connectivity index (χ1) is 19.4. The Kier molecular flexibility index (Phi) is 8.61. The standard InChI is InChI=1S/C30H36ClN7O2/c1-4-5-13-25-32-26(27(31)33-25)24(40-29(39)30(2,3)38-16-9-10-17-38)19-20-14-15-22(21-11-7-6-8-12-21)23(18-20)28-34-36-37-35-28/h6-8,11-12,14-15,18,24H,4-5,9-10,13,16-17,19H2,1-3H3,(H,32,33)(H,34,35,36,37). The predicted molar refractivity (Wildman–Crippen MR) is 155 cm³/mol. The highest BCUT2D eigenvalue weighted by Gasteiger charge is 2.39. The molecule has 1 saturated heterocycles. The molecule has 2 aromatic carbocycles. The summed E-state index contributed by atoms with van der Waals surface area (Å²) >= 11 is 6.65. The summed E-state index contributed by atoms with van der Waals surface area (Å²) in [7, 11) is 0. The highest BCUT2D eigenvalue weighted by Crippen LogP contribution is 2.35. The number of rotatable bonds is 11. The van der Waals surface area contributed by atoms with E-state index in [1.165, 1.54) is 0 Å². The van der Waals surface area contributed by atoms with Crippen LogP contribution in [-0.2, 0) is 22.4 Å². The van der Waals surface area contributed by atoms with Gasteiger partial charge < -0.3 is 9.72 Å². The second-order valence-corrected chi connectivity index (χ2v) is 11.2. The molecule has 210 valence electrons. The van der Waals surface area contributed by atoms with E-state index < -0.39 is 11.6 Å². The fraction of sp³-hybridized carbons (Fsp3) is 0.433. The first-order valence-electron chi connectivity index (χ1n) is 14.0. The molecule has 1 aliphatic heterocycles. The lowest BCUT2D eigenvalue weighted by atomic mass is 9.94. The number of halogens is 1. The zero-order valence-corrected chi connectivity index (χ0v) is 24.0. The number of likely N-dealkylation sites (tertiary alicyclic amines) is 1. The largest absolute Gasteiger partial charge is 0.454 e. The number of ether oxygens (including phenoxy) is 1. The summed E-state index contributed by atoms with van der Waals surface area (Å²) in [5.74, 6) is 1.01.